The molecule has 0 radical (unpaired) electrons. The number of ether oxygens (including phenoxy) is 1. The number of likely N-dealkylation sites (tertiary alicyclic amines) is 1. The second-order valence-corrected chi connectivity index (χ2v) is 12.1. The summed E-state index contributed by atoms with van der Waals surface area (Å²) in [6, 6.07) is 14.7. The fourth-order valence-corrected chi connectivity index (χ4v) is 6.21. The van der Waals surface area contributed by atoms with Crippen LogP contribution in [0.25, 0.3) is 0 Å². The number of ketones is 1. The number of hydrogen-bond donors (Lipinski definition) is 2. The van der Waals surface area contributed by atoms with Crippen LogP contribution in [0.4, 0.5) is 4.39 Å². The van der Waals surface area contributed by atoms with Crippen molar-refractivity contribution in [2.45, 2.75) is 50.2 Å². The number of benzene rings is 2. The summed E-state index contributed by atoms with van der Waals surface area (Å²) in [5.41, 5.74) is 0.152. The zero-order chi connectivity index (χ0) is 31.5. The third kappa shape index (κ3) is 6.14. The molecular formula is C33H38FN7O3. The van der Waals surface area contributed by atoms with Crippen molar-refractivity contribution in [3.05, 3.63) is 71.6 Å². The highest BCUT2D eigenvalue weighted by Gasteiger charge is 2.49. The average Bonchev–Trinajstić information content (AvgIpc) is 3.63. The molecule has 2 aromatic rings. The molecule has 3 aliphatic heterocycles. The van der Waals surface area contributed by atoms with Crippen molar-refractivity contribution >= 4 is 23.6 Å². The summed E-state index contributed by atoms with van der Waals surface area (Å²) in [5.74, 6) is -0.855. The molecule has 5 rings (SSSR count). The first kappa shape index (κ1) is 31.0. The molecule has 11 heteroatoms. The topological polar surface area (TPSA) is 125 Å². The summed E-state index contributed by atoms with van der Waals surface area (Å²) < 4.78 is 21.4. The van der Waals surface area contributed by atoms with Crippen LogP contribution < -0.4 is 10.2 Å². The third-order valence-electron chi connectivity index (χ3n) is 8.80. The molecule has 0 bridgehead atoms. The number of hydrazone groups is 1. The minimum atomic E-state index is -1.84. The van der Waals surface area contributed by atoms with Gasteiger partial charge in [-0.25, -0.2) is 4.39 Å². The van der Waals surface area contributed by atoms with Gasteiger partial charge in [-0.3, -0.25) is 19.9 Å². The molecule has 1 amide bonds. The van der Waals surface area contributed by atoms with E-state index in [-0.39, 0.29) is 29.0 Å². The second-order valence-electron chi connectivity index (χ2n) is 12.1. The van der Waals surface area contributed by atoms with E-state index in [1.165, 1.54) is 18.3 Å². The van der Waals surface area contributed by atoms with Gasteiger partial charge in [0.15, 0.2) is 11.3 Å². The van der Waals surface area contributed by atoms with Crippen LogP contribution in [0, 0.1) is 22.6 Å². The predicted octanol–water partition coefficient (Wildman–Crippen LogP) is 3.85. The van der Waals surface area contributed by atoms with Crippen LogP contribution in [-0.2, 0) is 15.1 Å². The Morgan fingerprint density at radius 2 is 1.89 bits per heavy atom. The predicted molar refractivity (Wildman–Crippen MR) is 165 cm³/mol. The lowest BCUT2D eigenvalue weighted by Crippen LogP contribution is -2.53. The maximum absolute atomic E-state index is 15.6. The molecule has 0 saturated carbocycles. The van der Waals surface area contributed by atoms with Gasteiger partial charge in [0, 0.05) is 62.4 Å². The second kappa shape index (κ2) is 12.7. The van der Waals surface area contributed by atoms with Gasteiger partial charge in [0.05, 0.1) is 11.9 Å². The van der Waals surface area contributed by atoms with Gasteiger partial charge in [-0.2, -0.15) is 10.4 Å². The number of nitriles is 1. The molecule has 1 unspecified atom stereocenters. The number of hydrogen-bond acceptors (Lipinski definition) is 9. The van der Waals surface area contributed by atoms with E-state index in [0.29, 0.717) is 25.1 Å². The van der Waals surface area contributed by atoms with Gasteiger partial charge in [-0.05, 0) is 64.1 Å². The van der Waals surface area contributed by atoms with E-state index in [1.54, 1.807) is 41.3 Å². The van der Waals surface area contributed by atoms with Crippen molar-refractivity contribution in [2.24, 2.45) is 5.10 Å². The van der Waals surface area contributed by atoms with Crippen molar-refractivity contribution < 1.29 is 18.7 Å². The van der Waals surface area contributed by atoms with E-state index in [1.807, 2.05) is 19.9 Å². The van der Waals surface area contributed by atoms with Crippen molar-refractivity contribution in [1.29, 1.82) is 10.7 Å². The first-order valence-corrected chi connectivity index (χ1v) is 14.9. The molecule has 2 aromatic carbocycles. The molecule has 2 N–H and O–H groups in total. The number of nitrogens with zero attached hydrogens (tertiary/aromatic N) is 5. The van der Waals surface area contributed by atoms with E-state index in [0.717, 1.165) is 26.2 Å². The number of halogens is 1. The number of amides is 1. The third-order valence-corrected chi connectivity index (χ3v) is 8.80. The number of Topliss-reactive ketones (excluding diaryl/α,β-unsaturated/α-hetero) is 1. The van der Waals surface area contributed by atoms with Crippen molar-refractivity contribution in [3.63, 3.8) is 0 Å². The molecule has 44 heavy (non-hydrogen) atoms. The van der Waals surface area contributed by atoms with Gasteiger partial charge in [0.2, 0.25) is 0 Å². The Hall–Kier alpha value is -4.40. The Morgan fingerprint density at radius 3 is 2.52 bits per heavy atom. The highest BCUT2D eigenvalue weighted by atomic mass is 19.1. The summed E-state index contributed by atoms with van der Waals surface area (Å²) in [5, 5.41) is 22.5. The van der Waals surface area contributed by atoms with E-state index < -0.39 is 34.6 Å². The Morgan fingerprint density at radius 1 is 1.16 bits per heavy atom. The molecule has 3 aliphatic rings. The molecule has 2 saturated heterocycles. The number of carbonyl (C=O) groups is 2. The molecule has 0 spiro atoms. The van der Waals surface area contributed by atoms with Crippen LogP contribution in [-0.4, -0.2) is 89.7 Å². The van der Waals surface area contributed by atoms with Crippen LogP contribution in [0.2, 0.25) is 0 Å². The van der Waals surface area contributed by atoms with Crippen molar-refractivity contribution in [2.75, 3.05) is 39.8 Å². The minimum absolute atomic E-state index is 0.0399. The first-order chi connectivity index (χ1) is 21.0. The van der Waals surface area contributed by atoms with Crippen LogP contribution in [0.3, 0.4) is 0 Å². The lowest BCUT2D eigenvalue weighted by Gasteiger charge is -2.42. The standard InChI is InChI=1S/C33H38FN7O3/c1-32(2,40-16-14-39(3)15-17-40)20-23(21-35)31(43)41-13-7-8-24(41)18-30(42)33(29(36)22-37-38-33)27-12-11-26(19-28(27)34)44-25-9-5-4-6-10-25/h4-6,9-12,19-20,22,24,36,38H,7-8,13-18H2,1-3H3/t24-,33?/m0/s1. The smallest absolute Gasteiger partial charge is 0.264 e. The zero-order valence-corrected chi connectivity index (χ0v) is 25.3. The Bertz CT molecular complexity index is 1530. The molecule has 0 aliphatic carbocycles. The highest BCUT2D eigenvalue weighted by Crippen LogP contribution is 2.35. The molecular weight excluding hydrogens is 561 g/mol. The van der Waals surface area contributed by atoms with Crippen LogP contribution >= 0.6 is 0 Å². The summed E-state index contributed by atoms with van der Waals surface area (Å²) in [6.45, 7) is 7.86. The maximum atomic E-state index is 15.6. The monoisotopic (exact) mass is 599 g/mol. The van der Waals surface area contributed by atoms with Crippen LogP contribution in [0.15, 0.2) is 65.3 Å². The van der Waals surface area contributed by atoms with Crippen molar-refractivity contribution in [3.8, 4) is 17.6 Å². The minimum Gasteiger partial charge on any atom is -0.457 e. The first-order valence-electron chi connectivity index (χ1n) is 14.9. The molecule has 10 nitrogen and oxygen atoms in total. The van der Waals surface area contributed by atoms with E-state index >= 15 is 4.39 Å². The number of piperazine rings is 1. The number of para-hydroxylation sites is 1. The Balaban J connectivity index is 1.35. The summed E-state index contributed by atoms with van der Waals surface area (Å²) in [7, 11) is 2.07. The normalized spacial score (nSPS) is 23.0. The van der Waals surface area contributed by atoms with Gasteiger partial charge in [0.25, 0.3) is 5.91 Å². The highest BCUT2D eigenvalue weighted by molar-refractivity contribution is 6.40. The number of likely N-dealkylation sites (N-methyl/N-ethyl adjacent to an activating group) is 1. The zero-order valence-electron chi connectivity index (χ0n) is 25.3. The molecule has 230 valence electrons. The molecule has 2 atom stereocenters. The molecule has 2 fully saturated rings. The van der Waals surface area contributed by atoms with Crippen LogP contribution in [0.1, 0.15) is 38.7 Å². The van der Waals surface area contributed by atoms with Gasteiger partial charge in [0.1, 0.15) is 29.0 Å². The van der Waals surface area contributed by atoms with Gasteiger partial charge in [-0.15, -0.1) is 0 Å². The van der Waals surface area contributed by atoms with E-state index in [9.17, 15) is 14.9 Å². The summed E-state index contributed by atoms with van der Waals surface area (Å²) in [6.07, 6.45) is 4.01. The largest absolute Gasteiger partial charge is 0.457 e. The molecule has 3 heterocycles. The van der Waals surface area contributed by atoms with Crippen LogP contribution in [0.5, 0.6) is 11.5 Å². The number of nitrogens with one attached hydrogen (secondary N) is 2. The quantitative estimate of drug-likeness (QED) is 0.331. The lowest BCUT2D eigenvalue weighted by molar-refractivity contribution is -0.129. The molecule has 0 aromatic heterocycles. The van der Waals surface area contributed by atoms with E-state index in [4.69, 9.17) is 10.1 Å². The Labute approximate surface area is 257 Å². The van der Waals surface area contributed by atoms with E-state index in [2.05, 4.69) is 33.4 Å². The fourth-order valence-electron chi connectivity index (χ4n) is 6.21. The SMILES string of the molecule is CN1CCN(C(C)(C)C=C(C#N)C(=O)N2CCC[C@H]2CC(=O)C2(c3ccc(Oc4ccccc4)cc3F)NN=CC2=N)CC1. The maximum Gasteiger partial charge on any atom is 0.264 e. The van der Waals surface area contributed by atoms with Gasteiger partial charge in [-0.1, -0.05) is 18.2 Å². The van der Waals surface area contributed by atoms with Gasteiger partial charge >= 0.3 is 0 Å². The van der Waals surface area contributed by atoms with Crippen molar-refractivity contribution in [1.82, 2.24) is 20.1 Å². The summed E-state index contributed by atoms with van der Waals surface area (Å²) in [4.78, 5) is 33.8. The number of carbonyl (C=O) groups excluding carboxylic acids is 2. The Kier molecular flexibility index (Phi) is 8.95. The fraction of sp³-hybridized carbons (Fsp3) is 0.424. The average molecular weight is 600 g/mol. The van der Waals surface area contributed by atoms with Gasteiger partial charge < -0.3 is 19.9 Å². The lowest BCUT2D eigenvalue weighted by atomic mass is 9.79. The summed E-state index contributed by atoms with van der Waals surface area (Å²) >= 11 is 0. The number of rotatable bonds is 9.